The van der Waals surface area contributed by atoms with Crippen molar-refractivity contribution in [1.29, 1.82) is 0 Å². The van der Waals surface area contributed by atoms with E-state index in [9.17, 15) is 4.79 Å². The van der Waals surface area contributed by atoms with Crippen molar-refractivity contribution in [3.63, 3.8) is 0 Å². The number of benzene rings is 2. The lowest BCUT2D eigenvalue weighted by atomic mass is 10.0. The summed E-state index contributed by atoms with van der Waals surface area (Å²) < 4.78 is 7.23. The molecule has 0 saturated carbocycles. The first kappa shape index (κ1) is 18.4. The molecule has 0 radical (unpaired) electrons. The molecule has 0 fully saturated rings. The maximum Gasteiger partial charge on any atom is 0.336 e. The van der Waals surface area contributed by atoms with E-state index in [0.717, 1.165) is 38.9 Å². The van der Waals surface area contributed by atoms with Crippen LogP contribution in [0.4, 0.5) is 0 Å². The Kier molecular flexibility index (Phi) is 4.77. The van der Waals surface area contributed by atoms with Crippen molar-refractivity contribution in [3.05, 3.63) is 74.6 Å². The number of thioether (sulfide) groups is 1. The van der Waals surface area contributed by atoms with Crippen LogP contribution in [0.25, 0.3) is 16.7 Å². The zero-order chi connectivity index (χ0) is 19.8. The van der Waals surface area contributed by atoms with Gasteiger partial charge in [-0.15, -0.1) is 5.10 Å². The zero-order valence-corrected chi connectivity index (χ0v) is 17.0. The first-order chi connectivity index (χ1) is 13.5. The van der Waals surface area contributed by atoms with Gasteiger partial charge in [0.05, 0.1) is 5.69 Å². The molecule has 0 bridgehead atoms. The number of aryl methyl sites for hydroxylation is 4. The summed E-state index contributed by atoms with van der Waals surface area (Å²) in [6, 6.07) is 11.7. The highest BCUT2D eigenvalue weighted by Gasteiger charge is 2.15. The Morgan fingerprint density at radius 1 is 1.04 bits per heavy atom. The Hall–Kier alpha value is -2.93. The average molecular weight is 392 g/mol. The Morgan fingerprint density at radius 2 is 1.79 bits per heavy atom. The van der Waals surface area contributed by atoms with Crippen molar-refractivity contribution in [3.8, 4) is 5.69 Å². The van der Waals surface area contributed by atoms with Gasteiger partial charge in [-0.2, -0.15) is 4.68 Å². The maximum absolute atomic E-state index is 12.1. The Balaban J connectivity index is 1.72. The minimum atomic E-state index is -0.342. The van der Waals surface area contributed by atoms with Gasteiger partial charge in [-0.05, 0) is 65.9 Å². The highest BCUT2D eigenvalue weighted by molar-refractivity contribution is 7.98. The second kappa shape index (κ2) is 7.24. The average Bonchev–Trinajstić information content (AvgIpc) is 3.11. The highest BCUT2D eigenvalue weighted by Crippen LogP contribution is 2.29. The predicted molar refractivity (Wildman–Crippen MR) is 110 cm³/mol. The van der Waals surface area contributed by atoms with Crippen LogP contribution >= 0.6 is 11.8 Å². The van der Waals surface area contributed by atoms with Gasteiger partial charge < -0.3 is 4.42 Å². The fourth-order valence-electron chi connectivity index (χ4n) is 3.34. The molecule has 0 spiro atoms. The van der Waals surface area contributed by atoms with Gasteiger partial charge >= 0.3 is 5.63 Å². The summed E-state index contributed by atoms with van der Waals surface area (Å²) in [5.41, 5.74) is 6.50. The van der Waals surface area contributed by atoms with Gasteiger partial charge in [0.15, 0.2) is 0 Å². The zero-order valence-electron chi connectivity index (χ0n) is 16.2. The molecular formula is C21H20N4O2S. The number of tetrazole rings is 1. The van der Waals surface area contributed by atoms with Crippen LogP contribution in [0.3, 0.4) is 0 Å². The number of fused-ring (bicyclic) bond motifs is 1. The molecule has 0 aliphatic carbocycles. The highest BCUT2D eigenvalue weighted by atomic mass is 32.2. The minimum absolute atomic E-state index is 0.342. The lowest BCUT2D eigenvalue weighted by molar-refractivity contribution is 0.557. The van der Waals surface area contributed by atoms with E-state index in [1.807, 2.05) is 58.0 Å². The van der Waals surface area contributed by atoms with Gasteiger partial charge in [-0.25, -0.2) is 4.79 Å². The second-order valence-electron chi connectivity index (χ2n) is 6.88. The van der Waals surface area contributed by atoms with Crippen LogP contribution < -0.4 is 5.63 Å². The summed E-state index contributed by atoms with van der Waals surface area (Å²) in [7, 11) is 0. The molecule has 0 saturated heterocycles. The van der Waals surface area contributed by atoms with E-state index in [2.05, 4.69) is 15.5 Å². The molecule has 0 unspecified atom stereocenters. The molecule has 2 aromatic heterocycles. The van der Waals surface area contributed by atoms with Crippen LogP contribution in [-0.2, 0) is 5.75 Å². The molecule has 2 aromatic carbocycles. The summed E-state index contributed by atoms with van der Waals surface area (Å²) >= 11 is 1.50. The largest absolute Gasteiger partial charge is 0.422 e. The summed E-state index contributed by atoms with van der Waals surface area (Å²) in [4.78, 5) is 12.1. The number of rotatable bonds is 4. The molecule has 4 rings (SSSR count). The van der Waals surface area contributed by atoms with Crippen molar-refractivity contribution in [2.45, 2.75) is 38.6 Å². The van der Waals surface area contributed by atoms with Gasteiger partial charge in [0.25, 0.3) is 0 Å². The molecule has 2 heterocycles. The van der Waals surface area contributed by atoms with Gasteiger partial charge in [0.1, 0.15) is 5.58 Å². The normalized spacial score (nSPS) is 11.3. The maximum atomic E-state index is 12.1. The lowest BCUT2D eigenvalue weighted by Gasteiger charge is -2.11. The second-order valence-corrected chi connectivity index (χ2v) is 7.82. The van der Waals surface area contributed by atoms with E-state index in [4.69, 9.17) is 4.42 Å². The first-order valence-electron chi connectivity index (χ1n) is 8.96. The fourth-order valence-corrected chi connectivity index (χ4v) is 4.20. The molecule has 0 aliphatic heterocycles. The molecule has 28 heavy (non-hydrogen) atoms. The Bertz CT molecular complexity index is 1220. The summed E-state index contributed by atoms with van der Waals surface area (Å²) in [6.07, 6.45) is 0. The molecule has 0 amide bonds. The summed E-state index contributed by atoms with van der Waals surface area (Å²) in [5, 5.41) is 13.9. The van der Waals surface area contributed by atoms with Gasteiger partial charge in [-0.3, -0.25) is 0 Å². The van der Waals surface area contributed by atoms with Crippen molar-refractivity contribution in [2.24, 2.45) is 0 Å². The van der Waals surface area contributed by atoms with E-state index in [1.165, 1.54) is 11.8 Å². The van der Waals surface area contributed by atoms with Crippen molar-refractivity contribution < 1.29 is 4.42 Å². The van der Waals surface area contributed by atoms with E-state index in [0.29, 0.717) is 16.5 Å². The van der Waals surface area contributed by atoms with E-state index in [1.54, 1.807) is 10.7 Å². The topological polar surface area (TPSA) is 73.8 Å². The third kappa shape index (κ3) is 3.22. The summed E-state index contributed by atoms with van der Waals surface area (Å²) in [5.74, 6) is 0.565. The fraction of sp³-hybridized carbons (Fsp3) is 0.238. The van der Waals surface area contributed by atoms with Crippen LogP contribution in [0.15, 0.2) is 50.8 Å². The molecule has 7 heteroatoms. The third-order valence-electron chi connectivity index (χ3n) is 4.97. The molecular weight excluding hydrogens is 372 g/mol. The summed E-state index contributed by atoms with van der Waals surface area (Å²) in [6.45, 7) is 8.06. The SMILES string of the molecule is Cc1cccc(C)c1-n1nnnc1SCc1cc(=O)oc2c(C)c(C)ccc12. The van der Waals surface area contributed by atoms with Crippen LogP contribution in [0.5, 0.6) is 0 Å². The van der Waals surface area contributed by atoms with Crippen LogP contribution in [0, 0.1) is 27.7 Å². The van der Waals surface area contributed by atoms with Crippen molar-refractivity contribution in [1.82, 2.24) is 20.2 Å². The quantitative estimate of drug-likeness (QED) is 0.381. The molecule has 0 N–H and O–H groups in total. The third-order valence-corrected chi connectivity index (χ3v) is 5.93. The number of hydrogen-bond donors (Lipinski definition) is 0. The van der Waals surface area contributed by atoms with Gasteiger partial charge in [-0.1, -0.05) is 42.1 Å². The molecule has 6 nitrogen and oxygen atoms in total. The van der Waals surface area contributed by atoms with E-state index >= 15 is 0 Å². The lowest BCUT2D eigenvalue weighted by Crippen LogP contribution is -2.05. The standard InChI is InChI=1S/C21H20N4O2S/c1-12-8-9-17-16(10-18(26)27-20(17)15(12)4)11-28-21-22-23-24-25(21)19-13(2)6-5-7-14(19)3/h5-10H,11H2,1-4H3. The van der Waals surface area contributed by atoms with Gasteiger partial charge in [0, 0.05) is 17.2 Å². The minimum Gasteiger partial charge on any atom is -0.422 e. The first-order valence-corrected chi connectivity index (χ1v) is 9.95. The smallest absolute Gasteiger partial charge is 0.336 e. The molecule has 142 valence electrons. The monoisotopic (exact) mass is 392 g/mol. The molecule has 0 atom stereocenters. The van der Waals surface area contributed by atoms with Crippen LogP contribution in [0.1, 0.15) is 27.8 Å². The van der Waals surface area contributed by atoms with Crippen LogP contribution in [-0.4, -0.2) is 20.2 Å². The van der Waals surface area contributed by atoms with Crippen molar-refractivity contribution >= 4 is 22.7 Å². The molecule has 0 aliphatic rings. The number of para-hydroxylation sites is 1. The van der Waals surface area contributed by atoms with E-state index < -0.39 is 0 Å². The van der Waals surface area contributed by atoms with Gasteiger partial charge in [0.2, 0.25) is 5.16 Å². The predicted octanol–water partition coefficient (Wildman–Crippen LogP) is 4.29. The Morgan fingerprint density at radius 3 is 2.54 bits per heavy atom. The number of aromatic nitrogens is 4. The number of hydrogen-bond acceptors (Lipinski definition) is 6. The Labute approximate surface area is 166 Å². The number of nitrogens with zero attached hydrogens (tertiary/aromatic N) is 4. The van der Waals surface area contributed by atoms with E-state index in [-0.39, 0.29) is 5.63 Å². The van der Waals surface area contributed by atoms with Crippen LogP contribution in [0.2, 0.25) is 0 Å². The van der Waals surface area contributed by atoms with Crippen molar-refractivity contribution in [2.75, 3.05) is 0 Å². The molecule has 4 aromatic rings.